The lowest BCUT2D eigenvalue weighted by molar-refractivity contribution is 0.0680. The molecule has 0 aliphatic heterocycles. The van der Waals surface area contributed by atoms with Gasteiger partial charge in [-0.15, -0.1) is 0 Å². The second-order valence-electron chi connectivity index (χ2n) is 4.64. The molecule has 2 aliphatic carbocycles. The van der Waals surface area contributed by atoms with E-state index in [-0.39, 0.29) is 6.10 Å². The maximum Gasteiger partial charge on any atom is 0.0571 e. The molecule has 0 saturated heterocycles. The fraction of sp³-hybridized carbons (Fsp3) is 1.00. The normalized spacial score (nSPS) is 28.8. The van der Waals surface area contributed by atoms with Crippen molar-refractivity contribution < 1.29 is 5.11 Å². The Kier molecular flexibility index (Phi) is 2.69. The zero-order valence-corrected chi connectivity index (χ0v) is 7.84. The third-order valence-electron chi connectivity index (χ3n) is 3.74. The van der Waals surface area contributed by atoms with Crippen molar-refractivity contribution in [3.8, 4) is 0 Å². The maximum atomic E-state index is 9.88. The van der Waals surface area contributed by atoms with Crippen LogP contribution in [-0.4, -0.2) is 11.2 Å². The third kappa shape index (κ3) is 1.82. The first-order valence-corrected chi connectivity index (χ1v) is 5.54. The largest absolute Gasteiger partial charge is 0.393 e. The van der Waals surface area contributed by atoms with Crippen LogP contribution in [0.25, 0.3) is 0 Å². The summed E-state index contributed by atoms with van der Waals surface area (Å²) in [5, 5.41) is 9.88. The molecule has 1 unspecified atom stereocenters. The molecule has 0 aromatic heterocycles. The second kappa shape index (κ2) is 3.78. The van der Waals surface area contributed by atoms with Crippen molar-refractivity contribution in [1.82, 2.24) is 0 Å². The smallest absolute Gasteiger partial charge is 0.0571 e. The molecule has 2 fully saturated rings. The molecular formula is C11H20O. The molecule has 70 valence electrons. The highest BCUT2D eigenvalue weighted by Gasteiger charge is 2.27. The van der Waals surface area contributed by atoms with E-state index in [0.717, 1.165) is 12.3 Å². The van der Waals surface area contributed by atoms with E-state index in [0.29, 0.717) is 5.92 Å². The number of hydrogen-bond acceptors (Lipinski definition) is 1. The molecule has 0 radical (unpaired) electrons. The Labute approximate surface area is 75.2 Å². The Morgan fingerprint density at radius 3 is 2.17 bits per heavy atom. The molecule has 0 bridgehead atoms. The van der Waals surface area contributed by atoms with Crippen LogP contribution in [0.15, 0.2) is 0 Å². The van der Waals surface area contributed by atoms with Gasteiger partial charge in [-0.25, -0.2) is 0 Å². The van der Waals surface area contributed by atoms with Gasteiger partial charge in [-0.3, -0.25) is 0 Å². The highest BCUT2D eigenvalue weighted by atomic mass is 16.3. The molecule has 2 saturated carbocycles. The van der Waals surface area contributed by atoms with Crippen LogP contribution in [0.1, 0.15) is 51.4 Å². The quantitative estimate of drug-likeness (QED) is 0.687. The van der Waals surface area contributed by atoms with Crippen molar-refractivity contribution in [3.05, 3.63) is 0 Å². The van der Waals surface area contributed by atoms with Crippen molar-refractivity contribution in [2.24, 2.45) is 11.8 Å². The van der Waals surface area contributed by atoms with E-state index in [2.05, 4.69) is 0 Å². The Balaban J connectivity index is 1.71. The highest BCUT2D eigenvalue weighted by Crippen LogP contribution is 2.35. The Hall–Kier alpha value is -0.0400. The first-order chi connectivity index (χ1) is 5.86. The van der Waals surface area contributed by atoms with Crippen LogP contribution < -0.4 is 0 Å². The first-order valence-electron chi connectivity index (χ1n) is 5.54. The predicted octanol–water partition coefficient (Wildman–Crippen LogP) is 2.73. The molecule has 0 aromatic rings. The molecule has 12 heavy (non-hydrogen) atoms. The van der Waals surface area contributed by atoms with Crippen LogP contribution in [0, 0.1) is 11.8 Å². The highest BCUT2D eigenvalue weighted by molar-refractivity contribution is 4.79. The van der Waals surface area contributed by atoms with Crippen LogP contribution in [0.4, 0.5) is 0 Å². The van der Waals surface area contributed by atoms with Crippen molar-refractivity contribution >= 4 is 0 Å². The van der Waals surface area contributed by atoms with Gasteiger partial charge in [0.15, 0.2) is 0 Å². The monoisotopic (exact) mass is 168 g/mol. The van der Waals surface area contributed by atoms with Gasteiger partial charge in [0.25, 0.3) is 0 Å². The molecule has 2 aliphatic rings. The summed E-state index contributed by atoms with van der Waals surface area (Å²) in [6.07, 6.45) is 10.6. The first kappa shape index (κ1) is 8.55. The van der Waals surface area contributed by atoms with Gasteiger partial charge in [-0.05, 0) is 31.1 Å². The summed E-state index contributed by atoms with van der Waals surface area (Å²) < 4.78 is 0. The molecule has 0 spiro atoms. The number of aliphatic hydroxyl groups is 1. The Bertz CT molecular complexity index is 134. The Morgan fingerprint density at radius 2 is 1.67 bits per heavy atom. The molecule has 0 heterocycles. The Morgan fingerprint density at radius 1 is 1.00 bits per heavy atom. The van der Waals surface area contributed by atoms with E-state index < -0.39 is 0 Å². The average Bonchev–Trinajstić information content (AvgIpc) is 2.47. The van der Waals surface area contributed by atoms with Gasteiger partial charge >= 0.3 is 0 Å². The molecular weight excluding hydrogens is 148 g/mol. The van der Waals surface area contributed by atoms with Crippen molar-refractivity contribution in [3.63, 3.8) is 0 Å². The molecule has 0 aromatic carbocycles. The number of rotatable bonds is 3. The van der Waals surface area contributed by atoms with Gasteiger partial charge in [-0.1, -0.05) is 32.1 Å². The molecule has 1 heteroatoms. The minimum atomic E-state index is 0.0396. The minimum Gasteiger partial charge on any atom is -0.393 e. The topological polar surface area (TPSA) is 20.2 Å². The van der Waals surface area contributed by atoms with Gasteiger partial charge in [0.1, 0.15) is 0 Å². The van der Waals surface area contributed by atoms with Gasteiger partial charge in [-0.2, -0.15) is 0 Å². The molecule has 2 rings (SSSR count). The minimum absolute atomic E-state index is 0.0396. The van der Waals surface area contributed by atoms with E-state index in [9.17, 15) is 5.11 Å². The molecule has 1 nitrogen and oxygen atoms in total. The summed E-state index contributed by atoms with van der Waals surface area (Å²) in [5.41, 5.74) is 0. The van der Waals surface area contributed by atoms with Gasteiger partial charge in [0.05, 0.1) is 6.10 Å². The standard InChI is InChI=1S/C11H20O/c12-11(8-9-4-3-5-9)10-6-1-2-7-10/h9-12H,1-8H2. The van der Waals surface area contributed by atoms with Crippen molar-refractivity contribution in [1.29, 1.82) is 0 Å². The van der Waals surface area contributed by atoms with E-state index in [1.54, 1.807) is 0 Å². The summed E-state index contributed by atoms with van der Waals surface area (Å²) in [7, 11) is 0. The van der Waals surface area contributed by atoms with Crippen LogP contribution >= 0.6 is 0 Å². The van der Waals surface area contributed by atoms with Crippen molar-refractivity contribution in [2.45, 2.75) is 57.5 Å². The molecule has 1 atom stereocenters. The second-order valence-corrected chi connectivity index (χ2v) is 4.64. The van der Waals surface area contributed by atoms with E-state index in [1.807, 2.05) is 0 Å². The average molecular weight is 168 g/mol. The fourth-order valence-corrected chi connectivity index (χ4v) is 2.60. The number of hydrogen-bond donors (Lipinski definition) is 1. The van der Waals surface area contributed by atoms with E-state index in [4.69, 9.17) is 0 Å². The summed E-state index contributed by atoms with van der Waals surface area (Å²) in [5.74, 6) is 1.53. The SMILES string of the molecule is OC(CC1CCC1)C1CCCC1. The van der Waals surface area contributed by atoms with E-state index in [1.165, 1.54) is 44.9 Å². The maximum absolute atomic E-state index is 9.88. The van der Waals surface area contributed by atoms with Crippen LogP contribution in [0.2, 0.25) is 0 Å². The lowest BCUT2D eigenvalue weighted by Gasteiger charge is -2.29. The molecule has 1 N–H and O–H groups in total. The van der Waals surface area contributed by atoms with Crippen LogP contribution in [0.5, 0.6) is 0 Å². The summed E-state index contributed by atoms with van der Waals surface area (Å²) in [4.78, 5) is 0. The van der Waals surface area contributed by atoms with Crippen molar-refractivity contribution in [2.75, 3.05) is 0 Å². The van der Waals surface area contributed by atoms with Gasteiger partial charge in [0.2, 0.25) is 0 Å². The summed E-state index contributed by atoms with van der Waals surface area (Å²) >= 11 is 0. The predicted molar refractivity (Wildman–Crippen MR) is 49.9 cm³/mol. The van der Waals surface area contributed by atoms with Crippen LogP contribution in [0.3, 0.4) is 0 Å². The third-order valence-corrected chi connectivity index (χ3v) is 3.74. The molecule has 0 amide bonds. The van der Waals surface area contributed by atoms with Gasteiger partial charge in [0, 0.05) is 0 Å². The fourth-order valence-electron chi connectivity index (χ4n) is 2.60. The number of aliphatic hydroxyl groups excluding tert-OH is 1. The zero-order chi connectivity index (χ0) is 8.39. The zero-order valence-electron chi connectivity index (χ0n) is 7.84. The lowest BCUT2D eigenvalue weighted by atomic mass is 9.79. The summed E-state index contributed by atoms with van der Waals surface area (Å²) in [6.45, 7) is 0. The lowest BCUT2D eigenvalue weighted by Crippen LogP contribution is -2.24. The summed E-state index contributed by atoms with van der Waals surface area (Å²) in [6, 6.07) is 0. The van der Waals surface area contributed by atoms with Gasteiger partial charge < -0.3 is 5.11 Å². The van der Waals surface area contributed by atoms with Crippen LogP contribution in [-0.2, 0) is 0 Å². The van der Waals surface area contributed by atoms with E-state index >= 15 is 0 Å².